The van der Waals surface area contributed by atoms with Crippen LogP contribution in [0.15, 0.2) is 36.5 Å². The van der Waals surface area contributed by atoms with Crippen molar-refractivity contribution in [2.45, 2.75) is 64.8 Å². The molecule has 39 heavy (non-hydrogen) atoms. The number of hydrogen-bond acceptors (Lipinski definition) is 7. The van der Waals surface area contributed by atoms with Crippen LogP contribution in [0.1, 0.15) is 84.0 Å². The van der Waals surface area contributed by atoms with E-state index in [0.29, 0.717) is 30.1 Å². The van der Waals surface area contributed by atoms with E-state index in [0.717, 1.165) is 49.7 Å². The number of ketones is 1. The molecule has 10 nitrogen and oxygen atoms in total. The summed E-state index contributed by atoms with van der Waals surface area (Å²) in [4.78, 5) is 54.8. The number of rotatable bonds is 8. The van der Waals surface area contributed by atoms with Gasteiger partial charge in [-0.15, -0.1) is 0 Å². The Morgan fingerprint density at radius 3 is 2.51 bits per heavy atom. The molecule has 2 amide bonds. The summed E-state index contributed by atoms with van der Waals surface area (Å²) in [5, 5.41) is 10.2. The second-order valence-corrected chi connectivity index (χ2v) is 11.1. The molecule has 0 atom stereocenters. The molecule has 3 fully saturated rings. The normalized spacial score (nSPS) is 23.4. The van der Waals surface area contributed by atoms with Crippen molar-refractivity contribution in [3.05, 3.63) is 59.0 Å². The van der Waals surface area contributed by atoms with Crippen LogP contribution in [0.3, 0.4) is 0 Å². The number of nitrogens with one attached hydrogen (secondary N) is 2. The number of aromatic nitrogens is 3. The molecule has 0 saturated heterocycles. The van der Waals surface area contributed by atoms with E-state index in [4.69, 9.17) is 4.74 Å². The van der Waals surface area contributed by atoms with Gasteiger partial charge in [-0.1, -0.05) is 13.0 Å². The molecule has 3 aliphatic carbocycles. The highest BCUT2D eigenvalue weighted by Crippen LogP contribution is 2.57. The van der Waals surface area contributed by atoms with E-state index in [1.54, 1.807) is 24.4 Å². The van der Waals surface area contributed by atoms with Gasteiger partial charge in [0.2, 0.25) is 0 Å². The number of fused-ring (bicyclic) bond motifs is 5. The lowest BCUT2D eigenvalue weighted by atomic mass is 9.52. The molecule has 4 aliphatic rings. The Balaban J connectivity index is 1.13. The first kappa shape index (κ1) is 25.2. The molecule has 2 aromatic heterocycles. The topological polar surface area (TPSA) is 132 Å². The molecule has 1 aromatic carbocycles. The number of ether oxygens (including phenoxy) is 1. The van der Waals surface area contributed by atoms with Crippen LogP contribution in [0.4, 0.5) is 0 Å². The average molecular weight is 530 g/mol. The van der Waals surface area contributed by atoms with E-state index >= 15 is 0 Å². The highest BCUT2D eigenvalue weighted by Gasteiger charge is 2.51. The van der Waals surface area contributed by atoms with Crippen LogP contribution in [-0.2, 0) is 22.6 Å². The molecule has 1 aliphatic heterocycles. The zero-order valence-electron chi connectivity index (χ0n) is 21.9. The van der Waals surface area contributed by atoms with Gasteiger partial charge in [0.1, 0.15) is 22.9 Å². The van der Waals surface area contributed by atoms with Crippen LogP contribution >= 0.6 is 0 Å². The largest absolute Gasteiger partial charge is 0.426 e. The van der Waals surface area contributed by atoms with E-state index < -0.39 is 5.91 Å². The molecule has 3 saturated carbocycles. The highest BCUT2D eigenvalue weighted by molar-refractivity contribution is 5.98. The Labute approximate surface area is 225 Å². The van der Waals surface area contributed by atoms with Gasteiger partial charge in [0.15, 0.2) is 5.65 Å². The van der Waals surface area contributed by atoms with Crippen molar-refractivity contribution in [2.75, 3.05) is 6.54 Å². The number of benzene rings is 1. The summed E-state index contributed by atoms with van der Waals surface area (Å²) in [5.74, 6) is -0.0979. The fraction of sp³-hybridized carbons (Fsp3) is 0.448. The van der Waals surface area contributed by atoms with Gasteiger partial charge in [-0.25, -0.2) is 9.50 Å². The van der Waals surface area contributed by atoms with E-state index in [1.165, 1.54) is 10.6 Å². The van der Waals surface area contributed by atoms with E-state index in [9.17, 15) is 19.2 Å². The van der Waals surface area contributed by atoms with E-state index in [2.05, 4.69) is 20.7 Å². The van der Waals surface area contributed by atoms with Crippen molar-refractivity contribution in [1.29, 1.82) is 0 Å². The predicted molar refractivity (Wildman–Crippen MR) is 140 cm³/mol. The van der Waals surface area contributed by atoms with Crippen LogP contribution in [0.2, 0.25) is 0 Å². The maximum atomic E-state index is 13.4. The van der Waals surface area contributed by atoms with E-state index in [1.807, 2.05) is 13.0 Å². The van der Waals surface area contributed by atoms with Crippen LogP contribution < -0.4 is 15.4 Å². The van der Waals surface area contributed by atoms with Crippen LogP contribution in [0.25, 0.3) is 5.65 Å². The predicted octanol–water partition coefficient (Wildman–Crippen LogP) is 3.17. The number of hydrogen-bond donors (Lipinski definition) is 2. The minimum Gasteiger partial charge on any atom is -0.426 e. The zero-order chi connectivity index (χ0) is 27.2. The summed E-state index contributed by atoms with van der Waals surface area (Å²) in [6, 6.07) is 8.47. The Morgan fingerprint density at radius 2 is 1.77 bits per heavy atom. The van der Waals surface area contributed by atoms with Crippen molar-refractivity contribution >= 4 is 29.2 Å². The van der Waals surface area contributed by atoms with Crippen LogP contribution in [0, 0.1) is 10.8 Å². The third-order valence-electron chi connectivity index (χ3n) is 8.90. The molecule has 3 aromatic rings. The first-order valence-corrected chi connectivity index (χ1v) is 13.6. The van der Waals surface area contributed by atoms with Gasteiger partial charge < -0.3 is 15.4 Å². The summed E-state index contributed by atoms with van der Waals surface area (Å²) in [7, 11) is 0. The third kappa shape index (κ3) is 4.57. The maximum absolute atomic E-state index is 13.4. The molecule has 0 spiro atoms. The van der Waals surface area contributed by atoms with Crippen LogP contribution in [-0.4, -0.2) is 44.7 Å². The Kier molecular flexibility index (Phi) is 6.20. The molecular formula is C29H31N5O5. The summed E-state index contributed by atoms with van der Waals surface area (Å²) in [6.07, 6.45) is 7.83. The van der Waals surface area contributed by atoms with Crippen molar-refractivity contribution in [2.24, 2.45) is 10.8 Å². The van der Waals surface area contributed by atoms with Gasteiger partial charge in [-0.2, -0.15) is 5.10 Å². The monoisotopic (exact) mass is 529 g/mol. The molecule has 3 heterocycles. The number of carbonyl (C=O) groups is 4. The Morgan fingerprint density at radius 1 is 1.00 bits per heavy atom. The van der Waals surface area contributed by atoms with E-state index in [-0.39, 0.29) is 47.1 Å². The van der Waals surface area contributed by atoms with Crippen LogP contribution in [0.5, 0.6) is 5.75 Å². The number of esters is 1. The van der Waals surface area contributed by atoms with Gasteiger partial charge in [0, 0.05) is 42.6 Å². The molecular weight excluding hydrogens is 498 g/mol. The van der Waals surface area contributed by atoms with Gasteiger partial charge in [-0.05, 0) is 61.6 Å². The van der Waals surface area contributed by atoms with Crippen molar-refractivity contribution < 1.29 is 23.9 Å². The number of Topliss-reactive ketones (excluding diaryl/α,β-unsaturated/α-hetero) is 1. The molecule has 0 unspecified atom stereocenters. The lowest BCUT2D eigenvalue weighted by molar-refractivity contribution is -0.137. The summed E-state index contributed by atoms with van der Waals surface area (Å²) in [6.45, 7) is 2.70. The number of amides is 2. The minimum absolute atomic E-state index is 0.00735. The highest BCUT2D eigenvalue weighted by atomic mass is 16.5. The summed E-state index contributed by atoms with van der Waals surface area (Å²) < 4.78 is 6.56. The van der Waals surface area contributed by atoms with Gasteiger partial charge >= 0.3 is 5.97 Å². The van der Waals surface area contributed by atoms with Crippen molar-refractivity contribution in [1.82, 2.24) is 25.2 Å². The Hall–Kier alpha value is -4.08. The maximum Gasteiger partial charge on any atom is 0.315 e. The summed E-state index contributed by atoms with van der Waals surface area (Å²) in [5.41, 5.74) is 2.23. The Bertz CT molecular complexity index is 1480. The second kappa shape index (κ2) is 9.59. The third-order valence-corrected chi connectivity index (χ3v) is 8.90. The quantitative estimate of drug-likeness (QED) is 0.338. The molecule has 7 rings (SSSR count). The smallest absolute Gasteiger partial charge is 0.315 e. The zero-order valence-corrected chi connectivity index (χ0v) is 21.9. The fourth-order valence-electron chi connectivity index (χ4n) is 6.44. The lowest BCUT2D eigenvalue weighted by Crippen LogP contribution is -2.50. The second-order valence-electron chi connectivity index (χ2n) is 11.1. The SMILES string of the molecule is CCC(=O)C12CCC(CNC(=O)c3cc(C(=O)NCc4ccc5c(c4)CC(=O)O5)nc4ccnn34)(CC1)CC2. The lowest BCUT2D eigenvalue weighted by Gasteiger charge is -2.52. The molecule has 2 N–H and O–H groups in total. The van der Waals surface area contributed by atoms with Gasteiger partial charge in [-0.3, -0.25) is 19.2 Å². The molecule has 0 radical (unpaired) electrons. The van der Waals surface area contributed by atoms with Crippen molar-refractivity contribution in [3.8, 4) is 5.75 Å². The van der Waals surface area contributed by atoms with Gasteiger partial charge in [0.25, 0.3) is 11.8 Å². The standard InChI is InChI=1S/C29H31N5O5/c1-2-23(35)29-9-6-28(7-10-29,8-11-29)17-31-27(38)21-15-20(33-24-5-12-32-34(21)24)26(37)30-16-18-3-4-22-19(13-18)14-25(36)39-22/h3-5,12-13,15H,2,6-11,14,16-17H2,1H3,(H,30,37)(H,31,38). The first-order valence-electron chi connectivity index (χ1n) is 13.6. The average Bonchev–Trinajstić information content (AvgIpc) is 3.59. The molecule has 202 valence electrons. The summed E-state index contributed by atoms with van der Waals surface area (Å²) >= 11 is 0. The van der Waals surface area contributed by atoms with Gasteiger partial charge in [0.05, 0.1) is 12.6 Å². The number of carbonyl (C=O) groups excluding carboxylic acids is 4. The first-order chi connectivity index (χ1) is 18.8. The molecule has 10 heteroatoms. The molecule has 2 bridgehead atoms. The van der Waals surface area contributed by atoms with Crippen molar-refractivity contribution in [3.63, 3.8) is 0 Å². The fourth-order valence-corrected chi connectivity index (χ4v) is 6.44. The minimum atomic E-state index is -0.421. The number of nitrogens with zero attached hydrogens (tertiary/aromatic N) is 3.